The summed E-state index contributed by atoms with van der Waals surface area (Å²) in [6, 6.07) is 0. The largest absolute Gasteiger partial charge is 0.463 e. The summed E-state index contributed by atoms with van der Waals surface area (Å²) in [5, 5.41) is 0. The zero-order valence-corrected chi connectivity index (χ0v) is 22.7. The minimum atomic E-state index is -0.132. The van der Waals surface area contributed by atoms with Crippen LogP contribution < -0.4 is 0 Å². The first kappa shape index (κ1) is 33.2. The molecule has 0 bridgehead atoms. The third-order valence-electron chi connectivity index (χ3n) is 5.63. The number of ether oxygens (including phenoxy) is 8. The fourth-order valence-corrected chi connectivity index (χ4v) is 3.58. The molecule has 1 rings (SSSR count). The number of carbonyl (C=O) groups is 1. The van der Waals surface area contributed by atoms with Gasteiger partial charge >= 0.3 is 5.97 Å². The molecule has 1 aliphatic heterocycles. The fraction of sp³-hybridized carbons (Fsp3) is 0.963. The van der Waals surface area contributed by atoms with E-state index in [2.05, 4.69) is 6.92 Å². The Kier molecular flexibility index (Phi) is 25.1. The fourth-order valence-electron chi connectivity index (χ4n) is 3.58. The van der Waals surface area contributed by atoms with Crippen LogP contribution in [0, 0.1) is 0 Å². The van der Waals surface area contributed by atoms with Gasteiger partial charge in [0, 0.05) is 13.0 Å². The van der Waals surface area contributed by atoms with Crippen molar-refractivity contribution in [2.45, 2.75) is 83.8 Å². The molecule has 1 heterocycles. The van der Waals surface area contributed by atoms with Crippen LogP contribution in [0.1, 0.15) is 77.6 Å². The van der Waals surface area contributed by atoms with E-state index in [4.69, 9.17) is 37.9 Å². The topological polar surface area (TPSA) is 90.9 Å². The van der Waals surface area contributed by atoms with E-state index < -0.39 is 0 Å². The Morgan fingerprint density at radius 3 is 1.67 bits per heavy atom. The molecule has 0 saturated carbocycles. The van der Waals surface area contributed by atoms with Gasteiger partial charge in [-0.2, -0.15) is 0 Å². The standard InChI is InChI=1S/C27H52O9/c1-2-3-4-5-6-7-8-11-26(28)34-24-22-32-20-18-30-16-14-29-15-17-31-19-21-33-23-25-36-27-12-9-10-13-35-27/h27H,2-25H2,1H3. The Hall–Kier alpha value is -0.810. The van der Waals surface area contributed by atoms with Crippen molar-refractivity contribution in [2.24, 2.45) is 0 Å². The van der Waals surface area contributed by atoms with Gasteiger partial charge in [0.25, 0.3) is 0 Å². The molecule has 214 valence electrons. The SMILES string of the molecule is CCCCCCCCCC(=O)OCCOCCOCCOCCOCCOCCOC1CCCCO1. The van der Waals surface area contributed by atoms with E-state index in [9.17, 15) is 4.79 Å². The molecule has 0 aromatic rings. The van der Waals surface area contributed by atoms with E-state index in [-0.39, 0.29) is 12.3 Å². The number of unbranched alkanes of at least 4 members (excludes halogenated alkanes) is 6. The first-order valence-corrected chi connectivity index (χ1v) is 14.1. The second kappa shape index (κ2) is 27.2. The summed E-state index contributed by atoms with van der Waals surface area (Å²) in [4.78, 5) is 11.7. The van der Waals surface area contributed by atoms with Crippen molar-refractivity contribution in [3.05, 3.63) is 0 Å². The molecule has 9 heteroatoms. The molecule has 9 nitrogen and oxygen atoms in total. The van der Waals surface area contributed by atoms with Gasteiger partial charge in [-0.25, -0.2) is 0 Å². The maximum absolute atomic E-state index is 11.7. The molecule has 1 atom stereocenters. The summed E-state index contributed by atoms with van der Waals surface area (Å²) in [5.74, 6) is -0.132. The van der Waals surface area contributed by atoms with E-state index in [0.717, 1.165) is 32.3 Å². The maximum Gasteiger partial charge on any atom is 0.305 e. The minimum Gasteiger partial charge on any atom is -0.463 e. The van der Waals surface area contributed by atoms with Crippen LogP contribution in [0.25, 0.3) is 0 Å². The van der Waals surface area contributed by atoms with Crippen LogP contribution in [-0.4, -0.2) is 98.1 Å². The molecule has 1 saturated heterocycles. The van der Waals surface area contributed by atoms with Crippen LogP contribution in [0.4, 0.5) is 0 Å². The summed E-state index contributed by atoms with van der Waals surface area (Å²) in [6.45, 7) is 8.88. The smallest absolute Gasteiger partial charge is 0.305 e. The van der Waals surface area contributed by atoms with Crippen LogP contribution in [0.15, 0.2) is 0 Å². The van der Waals surface area contributed by atoms with Crippen LogP contribution in [0.3, 0.4) is 0 Å². The second-order valence-electron chi connectivity index (χ2n) is 8.82. The third-order valence-corrected chi connectivity index (χ3v) is 5.63. The van der Waals surface area contributed by atoms with Crippen LogP contribution in [0.5, 0.6) is 0 Å². The first-order chi connectivity index (χ1) is 17.8. The highest BCUT2D eigenvalue weighted by Crippen LogP contribution is 2.13. The van der Waals surface area contributed by atoms with Crippen molar-refractivity contribution in [3.8, 4) is 0 Å². The Balaban J connectivity index is 1.66. The van der Waals surface area contributed by atoms with Crippen molar-refractivity contribution in [2.75, 3.05) is 85.9 Å². The van der Waals surface area contributed by atoms with Crippen molar-refractivity contribution < 1.29 is 42.7 Å². The average molecular weight is 521 g/mol. The molecular formula is C27H52O9. The molecule has 0 aromatic carbocycles. The van der Waals surface area contributed by atoms with Gasteiger partial charge in [-0.05, 0) is 25.7 Å². The lowest BCUT2D eigenvalue weighted by atomic mass is 10.1. The third kappa shape index (κ3) is 23.6. The maximum atomic E-state index is 11.7. The highest BCUT2D eigenvalue weighted by Gasteiger charge is 2.13. The number of esters is 1. The molecule has 0 N–H and O–H groups in total. The van der Waals surface area contributed by atoms with Crippen LogP contribution >= 0.6 is 0 Å². The minimum absolute atomic E-state index is 0.0620. The van der Waals surface area contributed by atoms with E-state index in [1.165, 1.54) is 38.5 Å². The van der Waals surface area contributed by atoms with Crippen molar-refractivity contribution in [3.63, 3.8) is 0 Å². The van der Waals surface area contributed by atoms with Crippen LogP contribution in [-0.2, 0) is 42.7 Å². The first-order valence-electron chi connectivity index (χ1n) is 14.1. The molecule has 0 spiro atoms. The lowest BCUT2D eigenvalue weighted by Gasteiger charge is -2.22. The molecular weight excluding hydrogens is 468 g/mol. The monoisotopic (exact) mass is 520 g/mol. The van der Waals surface area contributed by atoms with E-state index in [0.29, 0.717) is 85.7 Å². The highest BCUT2D eigenvalue weighted by molar-refractivity contribution is 5.69. The van der Waals surface area contributed by atoms with Gasteiger partial charge in [-0.3, -0.25) is 4.79 Å². The molecule has 0 aliphatic carbocycles. The van der Waals surface area contributed by atoms with Gasteiger partial charge in [0.2, 0.25) is 0 Å². The van der Waals surface area contributed by atoms with Gasteiger partial charge < -0.3 is 37.9 Å². The Morgan fingerprint density at radius 2 is 1.14 bits per heavy atom. The second-order valence-corrected chi connectivity index (χ2v) is 8.82. The van der Waals surface area contributed by atoms with Crippen molar-refractivity contribution in [1.82, 2.24) is 0 Å². The molecule has 1 unspecified atom stereocenters. The van der Waals surface area contributed by atoms with Gasteiger partial charge in [-0.15, -0.1) is 0 Å². The molecule has 0 aromatic heterocycles. The summed E-state index contributed by atoms with van der Waals surface area (Å²) in [7, 11) is 0. The summed E-state index contributed by atoms with van der Waals surface area (Å²) >= 11 is 0. The Labute approximate surface area is 218 Å². The van der Waals surface area contributed by atoms with Crippen LogP contribution in [0.2, 0.25) is 0 Å². The summed E-state index contributed by atoms with van der Waals surface area (Å²) < 4.78 is 43.5. The van der Waals surface area contributed by atoms with Gasteiger partial charge in [-0.1, -0.05) is 45.4 Å². The zero-order valence-electron chi connectivity index (χ0n) is 22.7. The predicted molar refractivity (Wildman–Crippen MR) is 137 cm³/mol. The number of carbonyl (C=O) groups excluding carboxylic acids is 1. The molecule has 36 heavy (non-hydrogen) atoms. The molecule has 0 amide bonds. The number of hydrogen-bond donors (Lipinski definition) is 0. The van der Waals surface area contributed by atoms with Crippen molar-refractivity contribution >= 4 is 5.97 Å². The predicted octanol–water partition coefficient (Wildman–Crippen LogP) is 4.30. The molecule has 1 aliphatic rings. The van der Waals surface area contributed by atoms with Gasteiger partial charge in [0.1, 0.15) is 6.61 Å². The quantitative estimate of drug-likeness (QED) is 0.116. The lowest BCUT2D eigenvalue weighted by Crippen LogP contribution is -2.24. The molecule has 1 fully saturated rings. The van der Waals surface area contributed by atoms with Crippen molar-refractivity contribution in [1.29, 1.82) is 0 Å². The Bertz CT molecular complexity index is 459. The lowest BCUT2D eigenvalue weighted by molar-refractivity contribution is -0.169. The average Bonchev–Trinajstić information content (AvgIpc) is 2.90. The van der Waals surface area contributed by atoms with E-state index in [1.54, 1.807) is 0 Å². The zero-order chi connectivity index (χ0) is 25.8. The number of rotatable bonds is 27. The van der Waals surface area contributed by atoms with E-state index >= 15 is 0 Å². The normalized spacial score (nSPS) is 15.9. The highest BCUT2D eigenvalue weighted by atomic mass is 16.7. The number of hydrogen-bond acceptors (Lipinski definition) is 9. The summed E-state index contributed by atoms with van der Waals surface area (Å²) in [5.41, 5.74) is 0. The Morgan fingerprint density at radius 1 is 0.639 bits per heavy atom. The summed E-state index contributed by atoms with van der Waals surface area (Å²) in [6.07, 6.45) is 12.1. The van der Waals surface area contributed by atoms with Gasteiger partial charge in [0.15, 0.2) is 6.29 Å². The van der Waals surface area contributed by atoms with E-state index in [1.807, 2.05) is 0 Å². The molecule has 0 radical (unpaired) electrons. The van der Waals surface area contributed by atoms with Gasteiger partial charge in [0.05, 0.1) is 72.7 Å².